The fourth-order valence-corrected chi connectivity index (χ4v) is 4.71. The van der Waals surface area contributed by atoms with Gasteiger partial charge in [0, 0.05) is 24.7 Å². The maximum absolute atomic E-state index is 13.1. The zero-order chi connectivity index (χ0) is 23.4. The topological polar surface area (TPSA) is 94.2 Å². The van der Waals surface area contributed by atoms with Gasteiger partial charge >= 0.3 is 0 Å². The molecule has 33 heavy (non-hydrogen) atoms. The summed E-state index contributed by atoms with van der Waals surface area (Å²) in [5, 5.41) is 2.84. The molecule has 4 rings (SSSR count). The summed E-state index contributed by atoms with van der Waals surface area (Å²) in [6.07, 6.45) is 0. The number of amides is 1. The molecule has 1 aliphatic rings. The molecule has 1 heterocycles. The fraction of sp³-hybridized carbons (Fsp3) is 0.208. The van der Waals surface area contributed by atoms with Crippen molar-refractivity contribution in [3.8, 4) is 17.2 Å². The summed E-state index contributed by atoms with van der Waals surface area (Å²) in [6, 6.07) is 18.2. The monoisotopic (exact) mass is 468 g/mol. The predicted molar refractivity (Wildman–Crippen MR) is 124 cm³/mol. The Morgan fingerprint density at radius 2 is 1.73 bits per heavy atom. The van der Waals surface area contributed by atoms with E-state index in [9.17, 15) is 13.2 Å². The third-order valence-corrected chi connectivity index (χ3v) is 7.07. The van der Waals surface area contributed by atoms with Gasteiger partial charge in [0.05, 0.1) is 17.7 Å². The number of hydrogen-bond acceptors (Lipinski definition) is 6. The molecule has 0 bridgehead atoms. The van der Waals surface area contributed by atoms with Crippen LogP contribution in [0.3, 0.4) is 0 Å². The average Bonchev–Trinajstić information content (AvgIpc) is 2.86. The first kappa shape index (κ1) is 22.5. The minimum absolute atomic E-state index is 0.0649. The first-order valence-electron chi connectivity index (χ1n) is 10.3. The van der Waals surface area contributed by atoms with Crippen molar-refractivity contribution in [2.24, 2.45) is 0 Å². The first-order valence-corrected chi connectivity index (χ1v) is 11.7. The van der Waals surface area contributed by atoms with E-state index in [-0.39, 0.29) is 17.3 Å². The summed E-state index contributed by atoms with van der Waals surface area (Å²) >= 11 is 0. The maximum atomic E-state index is 13.1. The van der Waals surface area contributed by atoms with Crippen molar-refractivity contribution in [1.82, 2.24) is 5.32 Å². The van der Waals surface area contributed by atoms with Gasteiger partial charge in [-0.3, -0.25) is 9.10 Å². The van der Waals surface area contributed by atoms with Crippen molar-refractivity contribution in [1.29, 1.82) is 0 Å². The molecule has 0 spiro atoms. The summed E-state index contributed by atoms with van der Waals surface area (Å²) < 4.78 is 43.8. The van der Waals surface area contributed by atoms with E-state index in [4.69, 9.17) is 14.2 Å². The van der Waals surface area contributed by atoms with Crippen molar-refractivity contribution in [2.75, 3.05) is 31.7 Å². The Balaban J connectivity index is 1.47. The van der Waals surface area contributed by atoms with Crippen LogP contribution in [-0.2, 0) is 16.6 Å². The lowest BCUT2D eigenvalue weighted by atomic mass is 10.1. The minimum Gasteiger partial charge on any atom is -0.495 e. The van der Waals surface area contributed by atoms with Gasteiger partial charge in [-0.1, -0.05) is 24.3 Å². The molecule has 3 aromatic carbocycles. The third-order valence-electron chi connectivity index (χ3n) is 5.29. The van der Waals surface area contributed by atoms with E-state index in [0.29, 0.717) is 41.7 Å². The molecular formula is C24H24N2O6S. The van der Waals surface area contributed by atoms with Gasteiger partial charge in [0.1, 0.15) is 19.0 Å². The highest BCUT2D eigenvalue weighted by Crippen LogP contribution is 2.33. The number of hydrogen-bond donors (Lipinski definition) is 1. The van der Waals surface area contributed by atoms with Crippen LogP contribution in [0.25, 0.3) is 0 Å². The van der Waals surface area contributed by atoms with Crippen molar-refractivity contribution >= 4 is 21.6 Å². The van der Waals surface area contributed by atoms with Gasteiger partial charge in [-0.05, 0) is 42.5 Å². The van der Waals surface area contributed by atoms with E-state index in [1.165, 1.54) is 38.4 Å². The standard InChI is InChI=1S/C24H24N2O6S/c1-26(20-7-3-4-8-21(20)30-2)33(28,29)19-12-10-17(11-13-19)24(27)25-16-18-6-5-9-22-23(18)32-15-14-31-22/h3-13H,14-16H2,1-2H3,(H,25,27). The van der Waals surface area contributed by atoms with Gasteiger partial charge in [0.2, 0.25) is 0 Å². The summed E-state index contributed by atoms with van der Waals surface area (Å²) in [6.45, 7) is 1.20. The third kappa shape index (κ3) is 4.58. The molecule has 0 unspecified atom stereocenters. The normalized spacial score (nSPS) is 12.7. The molecule has 1 N–H and O–H groups in total. The van der Waals surface area contributed by atoms with Crippen LogP contribution in [0.5, 0.6) is 17.2 Å². The van der Waals surface area contributed by atoms with Crippen LogP contribution in [0.4, 0.5) is 5.69 Å². The molecule has 3 aromatic rings. The molecule has 9 heteroatoms. The van der Waals surface area contributed by atoms with Crippen LogP contribution >= 0.6 is 0 Å². The van der Waals surface area contributed by atoms with Crippen LogP contribution in [0, 0.1) is 0 Å². The van der Waals surface area contributed by atoms with Crippen molar-refractivity contribution < 1.29 is 27.4 Å². The number of methoxy groups -OCH3 is 1. The second kappa shape index (κ2) is 9.41. The van der Waals surface area contributed by atoms with Crippen LogP contribution < -0.4 is 23.8 Å². The summed E-state index contributed by atoms with van der Waals surface area (Å²) in [4.78, 5) is 12.7. The maximum Gasteiger partial charge on any atom is 0.264 e. The summed E-state index contributed by atoms with van der Waals surface area (Å²) in [5.74, 6) is 1.40. The van der Waals surface area contributed by atoms with E-state index < -0.39 is 10.0 Å². The highest BCUT2D eigenvalue weighted by molar-refractivity contribution is 7.92. The van der Waals surface area contributed by atoms with Gasteiger partial charge in [0.25, 0.3) is 15.9 Å². The number of ether oxygens (including phenoxy) is 3. The summed E-state index contributed by atoms with van der Waals surface area (Å²) in [7, 11) is -0.900. The van der Waals surface area contributed by atoms with Gasteiger partial charge < -0.3 is 19.5 Å². The molecule has 8 nitrogen and oxygen atoms in total. The number of fused-ring (bicyclic) bond motifs is 1. The Kier molecular flexibility index (Phi) is 6.41. The SMILES string of the molecule is COc1ccccc1N(C)S(=O)(=O)c1ccc(C(=O)NCc2cccc3c2OCCO3)cc1. The van der Waals surface area contributed by atoms with Crippen molar-refractivity contribution in [3.63, 3.8) is 0 Å². The Hall–Kier alpha value is -3.72. The highest BCUT2D eigenvalue weighted by atomic mass is 32.2. The van der Waals surface area contributed by atoms with Crippen LogP contribution in [0.1, 0.15) is 15.9 Å². The number of rotatable bonds is 7. The first-order chi connectivity index (χ1) is 15.9. The number of para-hydroxylation sites is 3. The van der Waals surface area contributed by atoms with Gasteiger partial charge in [-0.2, -0.15) is 0 Å². The smallest absolute Gasteiger partial charge is 0.264 e. The molecule has 172 valence electrons. The predicted octanol–water partition coefficient (Wildman–Crippen LogP) is 3.22. The minimum atomic E-state index is -3.84. The van der Waals surface area contributed by atoms with Crippen LogP contribution in [-0.4, -0.2) is 41.7 Å². The van der Waals surface area contributed by atoms with E-state index in [0.717, 1.165) is 9.87 Å². The molecule has 1 aliphatic heterocycles. The number of carbonyl (C=O) groups is 1. The number of benzene rings is 3. The van der Waals surface area contributed by atoms with Crippen LogP contribution in [0.2, 0.25) is 0 Å². The van der Waals surface area contributed by atoms with Gasteiger partial charge in [-0.25, -0.2) is 8.42 Å². The largest absolute Gasteiger partial charge is 0.495 e. The van der Waals surface area contributed by atoms with E-state index in [1.54, 1.807) is 24.3 Å². The van der Waals surface area contributed by atoms with Gasteiger partial charge in [0.15, 0.2) is 11.5 Å². The molecule has 0 fully saturated rings. The van der Waals surface area contributed by atoms with E-state index in [2.05, 4.69) is 5.32 Å². The molecule has 0 atom stereocenters. The van der Waals surface area contributed by atoms with Crippen LogP contribution in [0.15, 0.2) is 71.6 Å². The molecule has 1 amide bonds. The molecule has 0 radical (unpaired) electrons. The number of nitrogens with one attached hydrogen (secondary N) is 1. The second-order valence-corrected chi connectivity index (χ2v) is 9.26. The zero-order valence-electron chi connectivity index (χ0n) is 18.3. The lowest BCUT2D eigenvalue weighted by molar-refractivity contribution is 0.0949. The lowest BCUT2D eigenvalue weighted by Gasteiger charge is -2.22. The van der Waals surface area contributed by atoms with Crippen molar-refractivity contribution in [3.05, 3.63) is 77.9 Å². The van der Waals surface area contributed by atoms with E-state index >= 15 is 0 Å². The Morgan fingerprint density at radius 3 is 2.48 bits per heavy atom. The lowest BCUT2D eigenvalue weighted by Crippen LogP contribution is -2.27. The Bertz CT molecular complexity index is 1260. The zero-order valence-corrected chi connectivity index (χ0v) is 19.1. The highest BCUT2D eigenvalue weighted by Gasteiger charge is 2.24. The Morgan fingerprint density at radius 1 is 1.00 bits per heavy atom. The number of anilines is 1. The fourth-order valence-electron chi connectivity index (χ4n) is 3.51. The average molecular weight is 469 g/mol. The molecule has 0 aromatic heterocycles. The number of sulfonamides is 1. The molecular weight excluding hydrogens is 444 g/mol. The molecule has 0 aliphatic carbocycles. The second-order valence-electron chi connectivity index (χ2n) is 7.29. The summed E-state index contributed by atoms with van der Waals surface area (Å²) in [5.41, 5.74) is 1.56. The molecule has 0 saturated heterocycles. The molecule has 0 saturated carbocycles. The Labute approximate surface area is 192 Å². The van der Waals surface area contributed by atoms with E-state index in [1.807, 2.05) is 18.2 Å². The number of nitrogens with zero attached hydrogens (tertiary/aromatic N) is 1. The van der Waals surface area contributed by atoms with Gasteiger partial charge in [-0.15, -0.1) is 0 Å². The number of carbonyl (C=O) groups excluding carboxylic acids is 1. The quantitative estimate of drug-likeness (QED) is 0.572. The van der Waals surface area contributed by atoms with Crippen molar-refractivity contribution in [2.45, 2.75) is 11.4 Å².